The Kier molecular flexibility index (Phi) is 3.25. The predicted octanol–water partition coefficient (Wildman–Crippen LogP) is 2.17. The van der Waals surface area contributed by atoms with Crippen molar-refractivity contribution >= 4 is 17.7 Å². The molecule has 2 aliphatic rings. The van der Waals surface area contributed by atoms with Gasteiger partial charge < -0.3 is 4.90 Å². The maximum Gasteiger partial charge on any atom is 0.228 e. The summed E-state index contributed by atoms with van der Waals surface area (Å²) < 4.78 is 0. The van der Waals surface area contributed by atoms with Crippen molar-refractivity contribution in [1.29, 1.82) is 0 Å². The molecule has 22 heavy (non-hydrogen) atoms. The van der Waals surface area contributed by atoms with Gasteiger partial charge in [0, 0.05) is 32.3 Å². The second kappa shape index (κ2) is 5.40. The molecule has 1 fully saturated rings. The van der Waals surface area contributed by atoms with E-state index in [1.54, 1.807) is 11.1 Å². The number of hydrogen-bond donors (Lipinski definition) is 0. The quantitative estimate of drug-likeness (QED) is 0.851. The Labute approximate surface area is 129 Å². The zero-order chi connectivity index (χ0) is 14.9. The molecule has 112 valence electrons. The Hall–Kier alpha value is -2.43. The Balaban J connectivity index is 1.60. The van der Waals surface area contributed by atoms with Crippen LogP contribution in [0.2, 0.25) is 0 Å². The summed E-state index contributed by atoms with van der Waals surface area (Å²) in [5.41, 5.74) is 2.74. The average Bonchev–Trinajstić information content (AvgIpc) is 3.00. The Morgan fingerprint density at radius 3 is 2.68 bits per heavy atom. The molecule has 3 heterocycles. The lowest BCUT2D eigenvalue weighted by Crippen LogP contribution is -2.32. The highest BCUT2D eigenvalue weighted by Gasteiger charge is 2.24. The van der Waals surface area contributed by atoms with Crippen LogP contribution in [0.15, 0.2) is 36.5 Å². The van der Waals surface area contributed by atoms with Gasteiger partial charge in [-0.05, 0) is 30.0 Å². The first-order valence-corrected chi connectivity index (χ1v) is 7.76. The van der Waals surface area contributed by atoms with Crippen LogP contribution in [0.3, 0.4) is 0 Å². The third-order valence-corrected chi connectivity index (χ3v) is 4.39. The number of benzene rings is 1. The van der Waals surface area contributed by atoms with Crippen molar-refractivity contribution in [2.24, 2.45) is 0 Å². The van der Waals surface area contributed by atoms with E-state index in [1.807, 2.05) is 6.07 Å². The molecule has 1 aromatic carbocycles. The van der Waals surface area contributed by atoms with Gasteiger partial charge in [-0.2, -0.15) is 4.98 Å². The number of aromatic nitrogens is 2. The molecule has 4 rings (SSSR count). The topological polar surface area (TPSA) is 49.3 Å². The van der Waals surface area contributed by atoms with Crippen LogP contribution in [-0.4, -0.2) is 29.0 Å². The number of rotatable bonds is 2. The summed E-state index contributed by atoms with van der Waals surface area (Å²) in [5, 5.41) is 0. The third kappa shape index (κ3) is 2.32. The summed E-state index contributed by atoms with van der Waals surface area (Å²) in [7, 11) is 0. The van der Waals surface area contributed by atoms with Gasteiger partial charge in [0.1, 0.15) is 5.82 Å². The standard InChI is InChI=1S/C17H18N4O/c22-16-6-3-10-21(16)15-7-9-18-17(19-15)20-11-8-13-4-1-2-5-14(13)12-20/h1-2,4-5,7,9H,3,6,8,10-12H2. The smallest absolute Gasteiger partial charge is 0.228 e. The van der Waals surface area contributed by atoms with Gasteiger partial charge in [-0.1, -0.05) is 24.3 Å². The molecule has 1 amide bonds. The second-order valence-electron chi connectivity index (χ2n) is 5.80. The summed E-state index contributed by atoms with van der Waals surface area (Å²) in [6, 6.07) is 10.3. The Morgan fingerprint density at radius 2 is 1.86 bits per heavy atom. The molecule has 1 saturated heterocycles. The van der Waals surface area contributed by atoms with E-state index in [4.69, 9.17) is 0 Å². The van der Waals surface area contributed by atoms with Crippen molar-refractivity contribution in [2.75, 3.05) is 22.9 Å². The highest BCUT2D eigenvalue weighted by atomic mass is 16.2. The Morgan fingerprint density at radius 1 is 1.00 bits per heavy atom. The van der Waals surface area contributed by atoms with Crippen molar-refractivity contribution in [3.05, 3.63) is 47.7 Å². The fourth-order valence-electron chi connectivity index (χ4n) is 3.20. The van der Waals surface area contributed by atoms with Crippen LogP contribution in [0.5, 0.6) is 0 Å². The van der Waals surface area contributed by atoms with Crippen molar-refractivity contribution in [3.63, 3.8) is 0 Å². The number of carbonyl (C=O) groups excluding carboxylic acids is 1. The summed E-state index contributed by atoms with van der Waals surface area (Å²) in [5.74, 6) is 1.60. The van der Waals surface area contributed by atoms with Crippen LogP contribution >= 0.6 is 0 Å². The number of hydrogen-bond acceptors (Lipinski definition) is 4. The van der Waals surface area contributed by atoms with Crippen LogP contribution < -0.4 is 9.80 Å². The van der Waals surface area contributed by atoms with Crippen LogP contribution in [0.4, 0.5) is 11.8 Å². The number of fused-ring (bicyclic) bond motifs is 1. The van der Waals surface area contributed by atoms with Gasteiger partial charge in [-0.15, -0.1) is 0 Å². The Bertz CT molecular complexity index is 715. The maximum absolute atomic E-state index is 11.9. The van der Waals surface area contributed by atoms with Crippen molar-refractivity contribution in [3.8, 4) is 0 Å². The van der Waals surface area contributed by atoms with Gasteiger partial charge in [0.15, 0.2) is 0 Å². The average molecular weight is 294 g/mol. The molecule has 0 N–H and O–H groups in total. The lowest BCUT2D eigenvalue weighted by atomic mass is 10.0. The van der Waals surface area contributed by atoms with E-state index in [2.05, 4.69) is 39.1 Å². The van der Waals surface area contributed by atoms with Crippen molar-refractivity contribution in [1.82, 2.24) is 9.97 Å². The minimum atomic E-state index is 0.161. The van der Waals surface area contributed by atoms with Crippen LogP contribution in [0.1, 0.15) is 24.0 Å². The molecule has 0 bridgehead atoms. The molecule has 1 aromatic heterocycles. The van der Waals surface area contributed by atoms with Gasteiger partial charge in [0.05, 0.1) is 0 Å². The van der Waals surface area contributed by atoms with Crippen LogP contribution in [-0.2, 0) is 17.8 Å². The first kappa shape index (κ1) is 13.2. The molecule has 0 aliphatic carbocycles. The molecule has 5 heteroatoms. The molecular weight excluding hydrogens is 276 g/mol. The van der Waals surface area contributed by atoms with Crippen LogP contribution in [0.25, 0.3) is 0 Å². The fraction of sp³-hybridized carbons (Fsp3) is 0.353. The molecular formula is C17H18N4O. The number of carbonyl (C=O) groups is 1. The highest BCUT2D eigenvalue weighted by Crippen LogP contribution is 2.24. The molecule has 0 spiro atoms. The first-order valence-electron chi connectivity index (χ1n) is 7.76. The minimum Gasteiger partial charge on any atom is -0.336 e. The third-order valence-electron chi connectivity index (χ3n) is 4.39. The van der Waals surface area contributed by atoms with E-state index in [0.717, 1.165) is 38.3 Å². The van der Waals surface area contributed by atoms with E-state index in [0.29, 0.717) is 12.4 Å². The monoisotopic (exact) mass is 294 g/mol. The lowest BCUT2D eigenvalue weighted by molar-refractivity contribution is -0.117. The van der Waals surface area contributed by atoms with Gasteiger partial charge in [-0.25, -0.2) is 4.98 Å². The maximum atomic E-state index is 11.9. The fourth-order valence-corrected chi connectivity index (χ4v) is 3.20. The summed E-state index contributed by atoms with van der Waals surface area (Å²) in [6.07, 6.45) is 4.29. The molecule has 0 atom stereocenters. The molecule has 0 radical (unpaired) electrons. The molecule has 0 unspecified atom stereocenters. The van der Waals surface area contributed by atoms with Crippen molar-refractivity contribution in [2.45, 2.75) is 25.8 Å². The van der Waals surface area contributed by atoms with Gasteiger partial charge in [-0.3, -0.25) is 9.69 Å². The molecule has 0 saturated carbocycles. The summed E-state index contributed by atoms with van der Waals surface area (Å²) >= 11 is 0. The SMILES string of the molecule is O=C1CCCN1c1ccnc(N2CCc3ccccc3C2)n1. The number of amides is 1. The first-order chi connectivity index (χ1) is 10.8. The van der Waals surface area contributed by atoms with Gasteiger partial charge in [0.25, 0.3) is 0 Å². The lowest BCUT2D eigenvalue weighted by Gasteiger charge is -2.29. The van der Waals surface area contributed by atoms with E-state index < -0.39 is 0 Å². The number of anilines is 2. The zero-order valence-corrected chi connectivity index (χ0v) is 12.4. The zero-order valence-electron chi connectivity index (χ0n) is 12.4. The van der Waals surface area contributed by atoms with E-state index in [-0.39, 0.29) is 5.91 Å². The van der Waals surface area contributed by atoms with Gasteiger partial charge >= 0.3 is 0 Å². The largest absolute Gasteiger partial charge is 0.336 e. The van der Waals surface area contributed by atoms with E-state index in [9.17, 15) is 4.79 Å². The summed E-state index contributed by atoms with van der Waals surface area (Å²) in [6.45, 7) is 2.50. The summed E-state index contributed by atoms with van der Waals surface area (Å²) in [4.78, 5) is 24.9. The van der Waals surface area contributed by atoms with E-state index in [1.165, 1.54) is 11.1 Å². The molecule has 2 aliphatic heterocycles. The normalized spacial score (nSPS) is 17.7. The minimum absolute atomic E-state index is 0.161. The van der Waals surface area contributed by atoms with E-state index >= 15 is 0 Å². The van der Waals surface area contributed by atoms with Crippen LogP contribution in [0, 0.1) is 0 Å². The predicted molar refractivity (Wildman–Crippen MR) is 84.8 cm³/mol. The molecule has 5 nitrogen and oxygen atoms in total. The molecule has 2 aromatic rings. The highest BCUT2D eigenvalue weighted by molar-refractivity contribution is 5.94. The van der Waals surface area contributed by atoms with Gasteiger partial charge in [0.2, 0.25) is 11.9 Å². The second-order valence-corrected chi connectivity index (χ2v) is 5.80. The van der Waals surface area contributed by atoms with Crippen molar-refractivity contribution < 1.29 is 4.79 Å². The number of nitrogens with zero attached hydrogens (tertiary/aromatic N) is 4.